The van der Waals surface area contributed by atoms with E-state index in [0.29, 0.717) is 37.5 Å². The second-order valence-electron chi connectivity index (χ2n) is 11.0. The Morgan fingerprint density at radius 1 is 1.19 bits per heavy atom. The number of aryl methyl sites for hydroxylation is 1. The number of amides is 2. The van der Waals surface area contributed by atoms with Crippen molar-refractivity contribution < 1.29 is 19.4 Å². The maximum absolute atomic E-state index is 12.9. The fourth-order valence-electron chi connectivity index (χ4n) is 5.17. The summed E-state index contributed by atoms with van der Waals surface area (Å²) in [5, 5.41) is 16.0. The summed E-state index contributed by atoms with van der Waals surface area (Å²) in [7, 11) is 0. The van der Waals surface area contributed by atoms with E-state index >= 15 is 0 Å². The molecule has 1 saturated heterocycles. The molecule has 7 heteroatoms. The number of nitrogens with one attached hydrogen (secondary N) is 1. The van der Waals surface area contributed by atoms with Crippen LogP contribution in [0.25, 0.3) is 11.1 Å². The fraction of sp³-hybridized carbons (Fsp3) is 0.533. The molecule has 0 saturated carbocycles. The number of ether oxygens (including phenoxy) is 1. The molecule has 0 radical (unpaired) electrons. The number of carbonyl (C=O) groups is 2. The molecule has 0 bridgehead atoms. The summed E-state index contributed by atoms with van der Waals surface area (Å²) in [5.41, 5.74) is 1.86. The lowest BCUT2D eigenvalue weighted by Gasteiger charge is -2.44. The number of rotatable bonds is 8. The molecule has 1 fully saturated rings. The summed E-state index contributed by atoms with van der Waals surface area (Å²) in [6, 6.07) is 13.9. The summed E-state index contributed by atoms with van der Waals surface area (Å²) in [4.78, 5) is 26.1. The number of hydrogen-bond acceptors (Lipinski definition) is 4. The Bertz CT molecular complexity index is 1100. The summed E-state index contributed by atoms with van der Waals surface area (Å²) >= 11 is 6.81. The molecule has 1 heterocycles. The molecule has 1 unspecified atom stereocenters. The Balaban J connectivity index is 2.03. The first-order valence-electron chi connectivity index (χ1n) is 13.3. The van der Waals surface area contributed by atoms with Crippen LogP contribution in [0.15, 0.2) is 42.5 Å². The molecular formula is C30H41ClN2O4. The van der Waals surface area contributed by atoms with Crippen molar-refractivity contribution in [1.29, 1.82) is 0 Å². The standard InChI is InChI=1S/C30H41ClN2O4/c1-6-22-11-7-12-23(19-22)27-25(14-8-15-26(27)31)30(36,16-10-17-32-21(2)34)24-13-9-18-33(20-24)28(35)37-29(3,4)5/h7-8,11-12,14-15,19,24,36H,6,9-10,13,16-18,20H2,1-5H3,(H,32,34)/t24-,30?/m1/s1. The van der Waals surface area contributed by atoms with Gasteiger partial charge < -0.3 is 20.1 Å². The molecule has 0 spiro atoms. The van der Waals surface area contributed by atoms with Gasteiger partial charge in [-0.2, -0.15) is 0 Å². The smallest absolute Gasteiger partial charge is 0.410 e. The van der Waals surface area contributed by atoms with Crippen molar-refractivity contribution in [3.05, 3.63) is 58.6 Å². The third kappa shape index (κ3) is 7.48. The highest BCUT2D eigenvalue weighted by molar-refractivity contribution is 6.33. The molecule has 202 valence electrons. The van der Waals surface area contributed by atoms with Gasteiger partial charge in [-0.15, -0.1) is 0 Å². The van der Waals surface area contributed by atoms with Crippen LogP contribution in [-0.2, 0) is 21.6 Å². The van der Waals surface area contributed by atoms with Crippen LogP contribution in [0, 0.1) is 5.92 Å². The highest BCUT2D eigenvalue weighted by Crippen LogP contribution is 2.45. The van der Waals surface area contributed by atoms with Gasteiger partial charge in [-0.1, -0.05) is 54.9 Å². The van der Waals surface area contributed by atoms with Gasteiger partial charge in [0.05, 0.1) is 5.60 Å². The molecule has 1 aliphatic rings. The van der Waals surface area contributed by atoms with Crippen LogP contribution in [0.2, 0.25) is 5.02 Å². The zero-order chi connectivity index (χ0) is 27.2. The maximum Gasteiger partial charge on any atom is 0.410 e. The molecule has 2 atom stereocenters. The number of benzene rings is 2. The molecule has 2 N–H and O–H groups in total. The topological polar surface area (TPSA) is 78.9 Å². The summed E-state index contributed by atoms with van der Waals surface area (Å²) in [5.74, 6) is -0.324. The first-order chi connectivity index (χ1) is 17.4. The van der Waals surface area contributed by atoms with Crippen LogP contribution >= 0.6 is 11.6 Å². The van der Waals surface area contributed by atoms with Gasteiger partial charge in [0.2, 0.25) is 5.91 Å². The average Bonchev–Trinajstić information content (AvgIpc) is 2.85. The third-order valence-corrected chi connectivity index (χ3v) is 7.28. The van der Waals surface area contributed by atoms with Crippen molar-refractivity contribution >= 4 is 23.6 Å². The Morgan fingerprint density at radius 2 is 1.92 bits per heavy atom. The van der Waals surface area contributed by atoms with Gasteiger partial charge in [0, 0.05) is 43.1 Å². The van der Waals surface area contributed by atoms with E-state index in [9.17, 15) is 14.7 Å². The fourth-order valence-corrected chi connectivity index (χ4v) is 5.45. The molecule has 2 amide bonds. The maximum atomic E-state index is 12.9. The lowest BCUT2D eigenvalue weighted by molar-refractivity contribution is -0.119. The van der Waals surface area contributed by atoms with E-state index in [1.807, 2.05) is 51.1 Å². The molecule has 2 aromatic rings. The quantitative estimate of drug-likeness (QED) is 0.393. The summed E-state index contributed by atoms with van der Waals surface area (Å²) in [6.07, 6.45) is 3.05. The molecule has 0 aliphatic carbocycles. The number of carbonyl (C=O) groups excluding carboxylic acids is 2. The Morgan fingerprint density at radius 3 is 2.59 bits per heavy atom. The van der Waals surface area contributed by atoms with Crippen LogP contribution in [0.3, 0.4) is 0 Å². The van der Waals surface area contributed by atoms with Crippen LogP contribution < -0.4 is 5.32 Å². The SMILES string of the molecule is CCc1cccc(-c2c(Cl)cccc2C(O)(CCCNC(C)=O)[C@@H]2CCCN(C(=O)OC(C)(C)C)C2)c1. The van der Waals surface area contributed by atoms with Gasteiger partial charge in [-0.05, 0) is 75.6 Å². The van der Waals surface area contributed by atoms with Crippen molar-refractivity contribution in [3.63, 3.8) is 0 Å². The highest BCUT2D eigenvalue weighted by Gasteiger charge is 2.43. The van der Waals surface area contributed by atoms with E-state index < -0.39 is 11.2 Å². The Kier molecular flexibility index (Phi) is 9.65. The first kappa shape index (κ1) is 29.0. The summed E-state index contributed by atoms with van der Waals surface area (Å²) < 4.78 is 5.64. The van der Waals surface area contributed by atoms with E-state index in [0.717, 1.165) is 36.0 Å². The van der Waals surface area contributed by atoms with Gasteiger partial charge in [0.1, 0.15) is 5.60 Å². The Hall–Kier alpha value is -2.57. The van der Waals surface area contributed by atoms with E-state index in [1.54, 1.807) is 4.90 Å². The molecule has 37 heavy (non-hydrogen) atoms. The number of halogens is 1. The average molecular weight is 529 g/mol. The molecule has 1 aliphatic heterocycles. The lowest BCUT2D eigenvalue weighted by Crippen LogP contribution is -2.49. The van der Waals surface area contributed by atoms with Crippen LogP contribution in [0.5, 0.6) is 0 Å². The molecule has 3 rings (SSSR count). The minimum atomic E-state index is -1.26. The van der Waals surface area contributed by atoms with Crippen molar-refractivity contribution in [2.45, 2.75) is 77.9 Å². The second-order valence-corrected chi connectivity index (χ2v) is 11.4. The van der Waals surface area contributed by atoms with Gasteiger partial charge in [-0.25, -0.2) is 4.79 Å². The van der Waals surface area contributed by atoms with E-state index in [-0.39, 0.29) is 17.9 Å². The highest BCUT2D eigenvalue weighted by atomic mass is 35.5. The predicted molar refractivity (Wildman–Crippen MR) is 149 cm³/mol. The predicted octanol–water partition coefficient (Wildman–Crippen LogP) is 6.32. The number of aliphatic hydroxyl groups is 1. The number of piperidine rings is 1. The normalized spacial score (nSPS) is 17.7. The second kappa shape index (κ2) is 12.3. The van der Waals surface area contributed by atoms with Crippen LogP contribution in [0.4, 0.5) is 4.79 Å². The summed E-state index contributed by atoms with van der Waals surface area (Å²) in [6.45, 7) is 10.6. The number of nitrogens with zero attached hydrogens (tertiary/aromatic N) is 1. The van der Waals surface area contributed by atoms with Crippen molar-refractivity contribution in [2.75, 3.05) is 19.6 Å². The minimum Gasteiger partial charge on any atom is -0.444 e. The number of likely N-dealkylation sites (tertiary alicyclic amines) is 1. The van der Waals surface area contributed by atoms with Crippen molar-refractivity contribution in [2.24, 2.45) is 5.92 Å². The zero-order valence-corrected chi connectivity index (χ0v) is 23.5. The van der Waals surface area contributed by atoms with Crippen LogP contribution in [0.1, 0.15) is 71.4 Å². The van der Waals surface area contributed by atoms with Gasteiger partial charge >= 0.3 is 6.09 Å². The largest absolute Gasteiger partial charge is 0.444 e. The lowest BCUT2D eigenvalue weighted by atomic mass is 9.72. The molecule has 2 aromatic carbocycles. The monoisotopic (exact) mass is 528 g/mol. The van der Waals surface area contributed by atoms with E-state index in [4.69, 9.17) is 16.3 Å². The Labute approximate surface area is 226 Å². The van der Waals surface area contributed by atoms with E-state index in [1.165, 1.54) is 12.5 Å². The molecule has 6 nitrogen and oxygen atoms in total. The van der Waals surface area contributed by atoms with Gasteiger partial charge in [0.25, 0.3) is 0 Å². The van der Waals surface area contributed by atoms with Gasteiger partial charge in [-0.3, -0.25) is 4.79 Å². The zero-order valence-electron chi connectivity index (χ0n) is 22.8. The van der Waals surface area contributed by atoms with Crippen molar-refractivity contribution in [1.82, 2.24) is 10.2 Å². The molecule has 0 aromatic heterocycles. The van der Waals surface area contributed by atoms with Crippen LogP contribution in [-0.4, -0.2) is 47.2 Å². The molecular weight excluding hydrogens is 488 g/mol. The minimum absolute atomic E-state index is 0.0999. The van der Waals surface area contributed by atoms with E-state index in [2.05, 4.69) is 24.4 Å². The first-order valence-corrected chi connectivity index (χ1v) is 13.7. The third-order valence-electron chi connectivity index (χ3n) is 6.96. The number of hydrogen-bond donors (Lipinski definition) is 2. The van der Waals surface area contributed by atoms with Crippen molar-refractivity contribution in [3.8, 4) is 11.1 Å². The van der Waals surface area contributed by atoms with Gasteiger partial charge in [0.15, 0.2) is 0 Å².